The molecular formula is C16H24N2O. The molecule has 2 rings (SSSR count). The van der Waals surface area contributed by atoms with Gasteiger partial charge in [0.25, 0.3) is 0 Å². The van der Waals surface area contributed by atoms with Gasteiger partial charge in [-0.05, 0) is 25.8 Å². The lowest BCUT2D eigenvalue weighted by Crippen LogP contribution is -2.45. The molecule has 1 aliphatic heterocycles. The van der Waals surface area contributed by atoms with Crippen molar-refractivity contribution in [1.82, 2.24) is 10.2 Å². The van der Waals surface area contributed by atoms with Gasteiger partial charge in [0.15, 0.2) is 0 Å². The number of aromatic hydroxyl groups is 1. The van der Waals surface area contributed by atoms with E-state index >= 15 is 0 Å². The first kappa shape index (κ1) is 14.1. The van der Waals surface area contributed by atoms with Gasteiger partial charge >= 0.3 is 0 Å². The zero-order chi connectivity index (χ0) is 13.8. The predicted molar refractivity (Wildman–Crippen MR) is 79.5 cm³/mol. The first-order valence-corrected chi connectivity index (χ1v) is 6.97. The highest BCUT2D eigenvalue weighted by Crippen LogP contribution is 2.34. The van der Waals surface area contributed by atoms with Crippen LogP contribution in [0, 0.1) is 6.92 Å². The van der Waals surface area contributed by atoms with Crippen molar-refractivity contribution in [3.8, 4) is 5.75 Å². The number of hydrogen-bond acceptors (Lipinski definition) is 3. The number of phenols is 1. The van der Waals surface area contributed by atoms with Gasteiger partial charge in [0, 0.05) is 37.8 Å². The maximum Gasteiger partial charge on any atom is 0.123 e. The van der Waals surface area contributed by atoms with E-state index in [4.69, 9.17) is 0 Å². The quantitative estimate of drug-likeness (QED) is 0.817. The van der Waals surface area contributed by atoms with Crippen LogP contribution in [0.5, 0.6) is 5.75 Å². The van der Waals surface area contributed by atoms with Crippen LogP contribution in [0.25, 0.3) is 0 Å². The molecule has 1 saturated heterocycles. The molecule has 3 heteroatoms. The summed E-state index contributed by atoms with van der Waals surface area (Å²) in [7, 11) is 0. The van der Waals surface area contributed by atoms with Crippen LogP contribution >= 0.6 is 0 Å². The van der Waals surface area contributed by atoms with Crippen LogP contribution in [0.4, 0.5) is 0 Å². The number of aryl methyl sites for hydroxylation is 1. The van der Waals surface area contributed by atoms with Crippen LogP contribution < -0.4 is 5.32 Å². The highest BCUT2D eigenvalue weighted by molar-refractivity contribution is 5.41. The summed E-state index contributed by atoms with van der Waals surface area (Å²) in [5.41, 5.74) is 3.13. The summed E-state index contributed by atoms with van der Waals surface area (Å²) < 4.78 is 0. The Labute approximate surface area is 115 Å². The summed E-state index contributed by atoms with van der Waals surface area (Å²) in [6, 6.07) is 6.25. The molecule has 0 bridgehead atoms. The Kier molecular flexibility index (Phi) is 4.61. The molecule has 1 aliphatic rings. The predicted octanol–water partition coefficient (Wildman–Crippen LogP) is 2.61. The van der Waals surface area contributed by atoms with Gasteiger partial charge in [-0.3, -0.25) is 4.90 Å². The van der Waals surface area contributed by atoms with E-state index in [-0.39, 0.29) is 6.04 Å². The lowest BCUT2D eigenvalue weighted by molar-refractivity contribution is 0.170. The average molecular weight is 260 g/mol. The molecule has 1 fully saturated rings. The highest BCUT2D eigenvalue weighted by Gasteiger charge is 2.24. The number of phenolic OH excluding ortho intramolecular Hbond substituents is 1. The summed E-state index contributed by atoms with van der Waals surface area (Å²) in [5, 5.41) is 13.7. The van der Waals surface area contributed by atoms with E-state index in [1.54, 1.807) is 0 Å². The van der Waals surface area contributed by atoms with Crippen LogP contribution in [-0.4, -0.2) is 36.2 Å². The first-order chi connectivity index (χ1) is 9.09. The Morgan fingerprint density at radius 2 is 2.11 bits per heavy atom. The highest BCUT2D eigenvalue weighted by atomic mass is 16.3. The fourth-order valence-electron chi connectivity index (χ4n) is 2.71. The van der Waals surface area contributed by atoms with Crippen molar-refractivity contribution in [2.24, 2.45) is 0 Å². The summed E-state index contributed by atoms with van der Waals surface area (Å²) in [4.78, 5) is 2.44. The Morgan fingerprint density at radius 1 is 1.42 bits per heavy atom. The Hall–Kier alpha value is -1.32. The van der Waals surface area contributed by atoms with Crippen molar-refractivity contribution in [3.05, 3.63) is 41.5 Å². The minimum absolute atomic E-state index is 0.236. The van der Waals surface area contributed by atoms with Gasteiger partial charge in [0.1, 0.15) is 5.75 Å². The van der Waals surface area contributed by atoms with Gasteiger partial charge in [-0.1, -0.05) is 23.8 Å². The molecule has 1 aromatic rings. The third-order valence-electron chi connectivity index (χ3n) is 3.76. The fraction of sp³-hybridized carbons (Fsp3) is 0.500. The second-order valence-electron chi connectivity index (χ2n) is 5.48. The van der Waals surface area contributed by atoms with Gasteiger partial charge in [0.2, 0.25) is 0 Å². The minimum atomic E-state index is 0.236. The Morgan fingerprint density at radius 3 is 2.74 bits per heavy atom. The van der Waals surface area contributed by atoms with Crippen LogP contribution in [0.1, 0.15) is 30.5 Å². The molecular weight excluding hydrogens is 236 g/mol. The summed E-state index contributed by atoms with van der Waals surface area (Å²) in [5.74, 6) is 0.437. The number of rotatable bonds is 4. The molecule has 104 valence electrons. The number of piperazine rings is 1. The Balaban J connectivity index is 2.30. The second-order valence-corrected chi connectivity index (χ2v) is 5.48. The molecule has 1 aromatic carbocycles. The van der Waals surface area contributed by atoms with E-state index in [1.807, 2.05) is 25.1 Å². The van der Waals surface area contributed by atoms with Crippen LogP contribution in [0.2, 0.25) is 0 Å². The molecule has 0 radical (unpaired) electrons. The van der Waals surface area contributed by atoms with Gasteiger partial charge in [-0.25, -0.2) is 0 Å². The van der Waals surface area contributed by atoms with Gasteiger partial charge in [0.05, 0.1) is 0 Å². The van der Waals surface area contributed by atoms with Crippen molar-refractivity contribution >= 4 is 0 Å². The molecule has 3 nitrogen and oxygen atoms in total. The molecule has 1 atom stereocenters. The largest absolute Gasteiger partial charge is 0.507 e. The monoisotopic (exact) mass is 260 g/mol. The van der Waals surface area contributed by atoms with Gasteiger partial charge in [-0.15, -0.1) is 6.58 Å². The summed E-state index contributed by atoms with van der Waals surface area (Å²) in [6.07, 6.45) is 0.900. The third-order valence-corrected chi connectivity index (χ3v) is 3.76. The van der Waals surface area contributed by atoms with Crippen molar-refractivity contribution in [1.29, 1.82) is 0 Å². The Bertz CT molecular complexity index is 450. The van der Waals surface area contributed by atoms with E-state index < -0.39 is 0 Å². The normalized spacial score (nSPS) is 18.2. The van der Waals surface area contributed by atoms with Gasteiger partial charge in [-0.2, -0.15) is 0 Å². The lowest BCUT2D eigenvalue weighted by Gasteiger charge is -2.36. The topological polar surface area (TPSA) is 35.5 Å². The first-order valence-electron chi connectivity index (χ1n) is 6.97. The summed E-state index contributed by atoms with van der Waals surface area (Å²) >= 11 is 0. The summed E-state index contributed by atoms with van der Waals surface area (Å²) in [6.45, 7) is 12.1. The fourth-order valence-corrected chi connectivity index (χ4v) is 2.71. The van der Waals surface area contributed by atoms with Crippen LogP contribution in [-0.2, 0) is 0 Å². The van der Waals surface area contributed by atoms with E-state index in [9.17, 15) is 5.11 Å². The van der Waals surface area contributed by atoms with E-state index in [0.717, 1.165) is 49.3 Å². The molecule has 0 amide bonds. The van der Waals surface area contributed by atoms with Gasteiger partial charge < -0.3 is 10.4 Å². The lowest BCUT2D eigenvalue weighted by atomic mass is 9.95. The maximum atomic E-state index is 10.3. The number of para-hydroxylation sites is 1. The molecule has 0 aromatic heterocycles. The van der Waals surface area contributed by atoms with Crippen molar-refractivity contribution < 1.29 is 5.11 Å². The zero-order valence-corrected chi connectivity index (χ0v) is 11.9. The second kappa shape index (κ2) is 6.22. The molecule has 1 heterocycles. The number of nitrogens with one attached hydrogen (secondary N) is 1. The number of nitrogens with zero attached hydrogens (tertiary/aromatic N) is 1. The average Bonchev–Trinajstić information content (AvgIpc) is 2.40. The molecule has 0 aliphatic carbocycles. The van der Waals surface area contributed by atoms with Crippen LogP contribution in [0.15, 0.2) is 30.4 Å². The SMILES string of the molecule is C=C(C)C[C@@H](c1cccc(C)c1O)N1CCNCC1. The molecule has 0 saturated carbocycles. The van der Waals surface area contributed by atoms with Crippen LogP contribution in [0.3, 0.4) is 0 Å². The number of benzene rings is 1. The van der Waals surface area contributed by atoms with Crippen molar-refractivity contribution in [2.45, 2.75) is 26.3 Å². The third kappa shape index (κ3) is 3.37. The van der Waals surface area contributed by atoms with E-state index in [1.165, 1.54) is 0 Å². The molecule has 2 N–H and O–H groups in total. The molecule has 19 heavy (non-hydrogen) atoms. The van der Waals surface area contributed by atoms with Crippen molar-refractivity contribution in [3.63, 3.8) is 0 Å². The van der Waals surface area contributed by atoms with E-state index in [2.05, 4.69) is 23.7 Å². The molecule has 0 unspecified atom stereocenters. The van der Waals surface area contributed by atoms with Crippen molar-refractivity contribution in [2.75, 3.05) is 26.2 Å². The minimum Gasteiger partial charge on any atom is -0.507 e. The zero-order valence-electron chi connectivity index (χ0n) is 11.9. The molecule has 0 spiro atoms. The number of hydrogen-bond donors (Lipinski definition) is 2. The standard InChI is InChI=1S/C16H24N2O/c1-12(2)11-15(18-9-7-17-8-10-18)14-6-4-5-13(3)16(14)19/h4-6,15,17,19H,1,7-11H2,2-3H3/t15-/m0/s1. The maximum absolute atomic E-state index is 10.3. The van der Waals surface area contributed by atoms with E-state index in [0.29, 0.717) is 5.75 Å². The smallest absolute Gasteiger partial charge is 0.123 e.